The molecule has 0 amide bonds. The summed E-state index contributed by atoms with van der Waals surface area (Å²) in [7, 11) is 0. The molecule has 0 aromatic heterocycles. The summed E-state index contributed by atoms with van der Waals surface area (Å²) in [6, 6.07) is 10.1. The molecule has 1 nitrogen and oxygen atoms in total. The van der Waals surface area contributed by atoms with E-state index < -0.39 is 0 Å². The molecule has 12 heavy (non-hydrogen) atoms. The number of aryl methyl sites for hydroxylation is 1. The van der Waals surface area contributed by atoms with Crippen molar-refractivity contribution in [2.24, 2.45) is 0 Å². The van der Waals surface area contributed by atoms with Gasteiger partial charge in [0.25, 0.3) is 0 Å². The Balaban J connectivity index is 0.00000121. The highest BCUT2D eigenvalue weighted by molar-refractivity contribution is 5.85. The van der Waals surface area contributed by atoms with Gasteiger partial charge in [0, 0.05) is 6.42 Å². The fraction of sp³-hybridized carbons (Fsp3) is 0.300. The van der Waals surface area contributed by atoms with Gasteiger partial charge in [0.15, 0.2) is 0 Å². The molecule has 0 unspecified atom stereocenters. The predicted molar refractivity (Wildman–Crippen MR) is 52.7 cm³/mol. The van der Waals surface area contributed by atoms with Crippen LogP contribution in [0.2, 0.25) is 0 Å². The molecule has 0 fully saturated rings. The second-order valence-corrected chi connectivity index (χ2v) is 2.69. The fourth-order valence-corrected chi connectivity index (χ4v) is 0.965. The molecular weight excluding hydrogens is 172 g/mol. The van der Waals surface area contributed by atoms with Crippen LogP contribution < -0.4 is 0 Å². The summed E-state index contributed by atoms with van der Waals surface area (Å²) < 4.78 is 0. The second-order valence-electron chi connectivity index (χ2n) is 2.69. The maximum Gasteiger partial charge on any atom is 0.130 e. The molecule has 0 saturated carbocycles. The number of carbonyl (C=O) groups is 1. The third kappa shape index (κ3) is 4.14. The monoisotopic (exact) mass is 184 g/mol. The summed E-state index contributed by atoms with van der Waals surface area (Å²) >= 11 is 0. The van der Waals surface area contributed by atoms with Crippen LogP contribution in [0.15, 0.2) is 30.3 Å². The van der Waals surface area contributed by atoms with E-state index in [4.69, 9.17) is 0 Å². The van der Waals surface area contributed by atoms with Gasteiger partial charge in [-0.2, -0.15) is 0 Å². The van der Waals surface area contributed by atoms with Crippen LogP contribution in [-0.4, -0.2) is 5.78 Å². The van der Waals surface area contributed by atoms with Gasteiger partial charge >= 0.3 is 0 Å². The maximum absolute atomic E-state index is 10.6. The van der Waals surface area contributed by atoms with Crippen LogP contribution in [0.25, 0.3) is 0 Å². The number of hydrogen-bond acceptors (Lipinski definition) is 1. The Labute approximate surface area is 79.2 Å². The number of benzene rings is 1. The number of hydrogen-bond donors (Lipinski definition) is 0. The Kier molecular flexibility index (Phi) is 5.39. The third-order valence-corrected chi connectivity index (χ3v) is 1.61. The topological polar surface area (TPSA) is 17.1 Å². The summed E-state index contributed by atoms with van der Waals surface area (Å²) in [5.74, 6) is 0.258. The van der Waals surface area contributed by atoms with Gasteiger partial charge in [-0.25, -0.2) is 0 Å². The molecule has 2 heteroatoms. The lowest BCUT2D eigenvalue weighted by Gasteiger charge is -1.96. The molecule has 1 aromatic rings. The Hall–Kier alpha value is -0.820. The number of rotatable bonds is 3. The lowest BCUT2D eigenvalue weighted by Crippen LogP contribution is -1.92. The Bertz CT molecular complexity index is 231. The van der Waals surface area contributed by atoms with Crippen molar-refractivity contribution < 1.29 is 4.79 Å². The van der Waals surface area contributed by atoms with E-state index in [0.717, 1.165) is 6.42 Å². The van der Waals surface area contributed by atoms with Gasteiger partial charge in [-0.3, -0.25) is 0 Å². The molecule has 0 aliphatic heterocycles. The summed E-state index contributed by atoms with van der Waals surface area (Å²) in [6.45, 7) is 1.63. The van der Waals surface area contributed by atoms with Gasteiger partial charge in [-0.15, -0.1) is 12.4 Å². The zero-order valence-corrected chi connectivity index (χ0v) is 7.93. The van der Waals surface area contributed by atoms with Crippen molar-refractivity contribution in [1.82, 2.24) is 0 Å². The van der Waals surface area contributed by atoms with Crippen molar-refractivity contribution in [3.05, 3.63) is 35.9 Å². The van der Waals surface area contributed by atoms with Crippen LogP contribution in [0.4, 0.5) is 0 Å². The molecule has 0 radical (unpaired) electrons. The van der Waals surface area contributed by atoms with E-state index >= 15 is 0 Å². The van der Waals surface area contributed by atoms with Crippen molar-refractivity contribution in [2.75, 3.05) is 0 Å². The van der Waals surface area contributed by atoms with Crippen molar-refractivity contribution in [3.63, 3.8) is 0 Å². The Morgan fingerprint density at radius 2 is 1.83 bits per heavy atom. The highest BCUT2D eigenvalue weighted by Crippen LogP contribution is 2.01. The first-order chi connectivity index (χ1) is 5.29. The number of halogens is 1. The number of carbonyl (C=O) groups excluding carboxylic acids is 1. The fourth-order valence-electron chi connectivity index (χ4n) is 0.965. The minimum atomic E-state index is 0. The lowest BCUT2D eigenvalue weighted by molar-refractivity contribution is -0.116. The zero-order chi connectivity index (χ0) is 8.10. The first-order valence-corrected chi connectivity index (χ1v) is 3.82. The lowest BCUT2D eigenvalue weighted by atomic mass is 10.1. The molecule has 0 N–H and O–H groups in total. The molecule has 1 rings (SSSR count). The molecule has 1 aromatic carbocycles. The molecule has 0 atom stereocenters. The second kappa shape index (κ2) is 5.78. The van der Waals surface area contributed by atoms with Crippen LogP contribution >= 0.6 is 12.4 Å². The number of Topliss-reactive ketones (excluding diaryl/α,β-unsaturated/α-hetero) is 1. The molecule has 0 bridgehead atoms. The van der Waals surface area contributed by atoms with Gasteiger partial charge in [0.05, 0.1) is 0 Å². The van der Waals surface area contributed by atoms with Crippen LogP contribution in [0, 0.1) is 0 Å². The van der Waals surface area contributed by atoms with Crippen molar-refractivity contribution in [2.45, 2.75) is 19.8 Å². The molecular formula is C10H13ClO. The van der Waals surface area contributed by atoms with Gasteiger partial charge in [0.2, 0.25) is 0 Å². The zero-order valence-electron chi connectivity index (χ0n) is 7.12. The Morgan fingerprint density at radius 3 is 2.33 bits per heavy atom. The van der Waals surface area contributed by atoms with Crippen LogP contribution in [-0.2, 0) is 11.2 Å². The van der Waals surface area contributed by atoms with Gasteiger partial charge in [-0.1, -0.05) is 30.3 Å². The summed E-state index contributed by atoms with van der Waals surface area (Å²) in [6.07, 6.45) is 1.53. The third-order valence-electron chi connectivity index (χ3n) is 1.61. The van der Waals surface area contributed by atoms with E-state index in [1.54, 1.807) is 6.92 Å². The average Bonchev–Trinajstić information content (AvgIpc) is 2.03. The smallest absolute Gasteiger partial charge is 0.130 e. The maximum atomic E-state index is 10.6. The van der Waals surface area contributed by atoms with E-state index in [2.05, 4.69) is 0 Å². The minimum Gasteiger partial charge on any atom is -0.300 e. The van der Waals surface area contributed by atoms with E-state index in [0.29, 0.717) is 6.42 Å². The van der Waals surface area contributed by atoms with Crippen molar-refractivity contribution >= 4 is 18.2 Å². The highest BCUT2D eigenvalue weighted by atomic mass is 35.5. The highest BCUT2D eigenvalue weighted by Gasteiger charge is 1.94. The largest absolute Gasteiger partial charge is 0.300 e. The van der Waals surface area contributed by atoms with Crippen molar-refractivity contribution in [1.29, 1.82) is 0 Å². The molecule has 0 aliphatic carbocycles. The molecule has 0 spiro atoms. The first-order valence-electron chi connectivity index (χ1n) is 3.82. The van der Waals surface area contributed by atoms with Gasteiger partial charge < -0.3 is 4.79 Å². The van der Waals surface area contributed by atoms with E-state index in [1.165, 1.54) is 5.56 Å². The van der Waals surface area contributed by atoms with Crippen molar-refractivity contribution in [3.8, 4) is 0 Å². The van der Waals surface area contributed by atoms with Gasteiger partial charge in [0.1, 0.15) is 5.78 Å². The quantitative estimate of drug-likeness (QED) is 0.706. The van der Waals surface area contributed by atoms with Gasteiger partial charge in [-0.05, 0) is 18.9 Å². The van der Waals surface area contributed by atoms with Crippen LogP contribution in [0.1, 0.15) is 18.9 Å². The Morgan fingerprint density at radius 1 is 1.25 bits per heavy atom. The minimum absolute atomic E-state index is 0. The van der Waals surface area contributed by atoms with E-state index in [1.807, 2.05) is 30.3 Å². The number of ketones is 1. The van der Waals surface area contributed by atoms with Crippen LogP contribution in [0.5, 0.6) is 0 Å². The first kappa shape index (κ1) is 11.2. The standard InChI is InChI=1S/C10H12O.ClH/c1-9(11)7-8-10-5-3-2-4-6-10;/h2-6H,7-8H2,1H3;1H. The average molecular weight is 185 g/mol. The predicted octanol–water partition coefficient (Wildman–Crippen LogP) is 2.63. The van der Waals surface area contributed by atoms with Crippen LogP contribution in [0.3, 0.4) is 0 Å². The normalized spacial score (nSPS) is 8.75. The molecule has 0 heterocycles. The molecule has 0 saturated heterocycles. The van der Waals surface area contributed by atoms with E-state index in [-0.39, 0.29) is 18.2 Å². The summed E-state index contributed by atoms with van der Waals surface area (Å²) in [5.41, 5.74) is 1.24. The summed E-state index contributed by atoms with van der Waals surface area (Å²) in [5, 5.41) is 0. The molecule has 0 aliphatic rings. The van der Waals surface area contributed by atoms with E-state index in [9.17, 15) is 4.79 Å². The SMILES string of the molecule is CC(=O)CCc1ccccc1.Cl. The summed E-state index contributed by atoms with van der Waals surface area (Å²) in [4.78, 5) is 10.6. The molecule has 66 valence electrons.